The Morgan fingerprint density at radius 3 is 2.87 bits per heavy atom. The van der Waals surface area contributed by atoms with Gasteiger partial charge in [0.15, 0.2) is 0 Å². The smallest absolute Gasteiger partial charge is 0.125 e. The average molecular weight is 228 g/mol. The van der Waals surface area contributed by atoms with Crippen LogP contribution in [0.3, 0.4) is 0 Å². The quantitative estimate of drug-likeness (QED) is 0.803. The maximum atomic E-state index is 13.0. The van der Waals surface area contributed by atoms with E-state index in [4.69, 9.17) is 11.6 Å². The molecule has 1 aliphatic rings. The van der Waals surface area contributed by atoms with Crippen LogP contribution in [-0.4, -0.2) is 6.04 Å². The third kappa shape index (κ3) is 2.63. The van der Waals surface area contributed by atoms with Crippen LogP contribution in [0.2, 0.25) is 5.02 Å². The van der Waals surface area contributed by atoms with Gasteiger partial charge in [0.25, 0.3) is 0 Å². The highest BCUT2D eigenvalue weighted by atomic mass is 35.5. The molecule has 0 bridgehead atoms. The van der Waals surface area contributed by atoms with E-state index in [0.717, 1.165) is 24.4 Å². The van der Waals surface area contributed by atoms with Crippen LogP contribution in [0.25, 0.3) is 0 Å². The third-order valence-corrected chi connectivity index (χ3v) is 3.31. The molecule has 1 aromatic rings. The minimum atomic E-state index is -0.243. The summed E-state index contributed by atoms with van der Waals surface area (Å²) in [5.74, 6) is 0.516. The molecule has 1 N–H and O–H groups in total. The molecule has 2 rings (SSSR count). The van der Waals surface area contributed by atoms with Crippen LogP contribution in [0.1, 0.15) is 26.2 Å². The Balaban J connectivity index is 2.07. The van der Waals surface area contributed by atoms with E-state index in [9.17, 15) is 4.39 Å². The summed E-state index contributed by atoms with van der Waals surface area (Å²) in [6, 6.07) is 4.88. The van der Waals surface area contributed by atoms with Crippen molar-refractivity contribution in [3.63, 3.8) is 0 Å². The number of halogens is 2. The number of nitrogens with one attached hydrogen (secondary N) is 1. The molecule has 0 aromatic heterocycles. The van der Waals surface area contributed by atoms with Gasteiger partial charge in [-0.25, -0.2) is 4.39 Å². The molecule has 1 saturated carbocycles. The van der Waals surface area contributed by atoms with Gasteiger partial charge in [0, 0.05) is 6.04 Å². The largest absolute Gasteiger partial charge is 0.381 e. The molecule has 0 spiro atoms. The minimum absolute atomic E-state index is 0.243. The van der Waals surface area contributed by atoms with Crippen LogP contribution in [0, 0.1) is 11.7 Å². The lowest BCUT2D eigenvalue weighted by Crippen LogP contribution is -2.15. The van der Waals surface area contributed by atoms with Gasteiger partial charge in [-0.2, -0.15) is 0 Å². The van der Waals surface area contributed by atoms with Crippen LogP contribution in [-0.2, 0) is 0 Å². The first-order chi connectivity index (χ1) is 7.15. The molecule has 2 atom stereocenters. The van der Waals surface area contributed by atoms with Gasteiger partial charge in [0.1, 0.15) is 5.82 Å². The summed E-state index contributed by atoms with van der Waals surface area (Å²) in [5, 5.41) is 3.90. The molecule has 1 aromatic carbocycles. The zero-order valence-corrected chi connectivity index (χ0v) is 9.52. The van der Waals surface area contributed by atoms with Crippen LogP contribution < -0.4 is 5.32 Å². The van der Waals surface area contributed by atoms with Gasteiger partial charge >= 0.3 is 0 Å². The number of anilines is 1. The molecule has 0 saturated heterocycles. The molecule has 82 valence electrons. The lowest BCUT2D eigenvalue weighted by Gasteiger charge is -2.15. The Morgan fingerprint density at radius 2 is 2.20 bits per heavy atom. The van der Waals surface area contributed by atoms with E-state index in [1.807, 2.05) is 0 Å². The van der Waals surface area contributed by atoms with Gasteiger partial charge in [0.05, 0.1) is 10.7 Å². The molecular weight excluding hydrogens is 213 g/mol. The Bertz CT molecular complexity index is 353. The van der Waals surface area contributed by atoms with Crippen molar-refractivity contribution < 1.29 is 4.39 Å². The van der Waals surface area contributed by atoms with Crippen molar-refractivity contribution >= 4 is 17.3 Å². The third-order valence-electron chi connectivity index (χ3n) is 2.98. The summed E-state index contributed by atoms with van der Waals surface area (Å²) in [7, 11) is 0. The fourth-order valence-electron chi connectivity index (χ4n) is 2.17. The second kappa shape index (κ2) is 4.40. The van der Waals surface area contributed by atoms with Crippen LogP contribution in [0.4, 0.5) is 10.1 Å². The molecule has 0 aliphatic heterocycles. The highest BCUT2D eigenvalue weighted by Crippen LogP contribution is 2.30. The Kier molecular flexibility index (Phi) is 3.15. The zero-order valence-electron chi connectivity index (χ0n) is 8.76. The van der Waals surface area contributed by atoms with Crippen LogP contribution >= 0.6 is 11.6 Å². The Morgan fingerprint density at radius 1 is 1.40 bits per heavy atom. The van der Waals surface area contributed by atoms with E-state index in [-0.39, 0.29) is 5.82 Å². The maximum absolute atomic E-state index is 13.0. The molecule has 3 heteroatoms. The molecule has 1 aliphatic carbocycles. The Hall–Kier alpha value is -0.760. The number of benzene rings is 1. The average Bonchev–Trinajstić information content (AvgIpc) is 2.58. The lowest BCUT2D eigenvalue weighted by molar-refractivity contribution is 0.602. The zero-order chi connectivity index (χ0) is 10.8. The first kappa shape index (κ1) is 10.7. The second-order valence-corrected chi connectivity index (χ2v) is 4.79. The monoisotopic (exact) mass is 227 g/mol. The van der Waals surface area contributed by atoms with Crippen LogP contribution in [0.5, 0.6) is 0 Å². The summed E-state index contributed by atoms with van der Waals surface area (Å²) < 4.78 is 13.0. The number of hydrogen-bond acceptors (Lipinski definition) is 1. The summed E-state index contributed by atoms with van der Waals surface area (Å²) >= 11 is 5.98. The van der Waals surface area contributed by atoms with Crippen molar-refractivity contribution in [1.82, 2.24) is 0 Å². The summed E-state index contributed by atoms with van der Waals surface area (Å²) in [4.78, 5) is 0. The maximum Gasteiger partial charge on any atom is 0.125 e. The first-order valence-corrected chi connectivity index (χ1v) is 5.74. The van der Waals surface area contributed by atoms with Crippen molar-refractivity contribution in [2.45, 2.75) is 32.2 Å². The van der Waals surface area contributed by atoms with Crippen molar-refractivity contribution in [2.24, 2.45) is 5.92 Å². The highest BCUT2D eigenvalue weighted by Gasteiger charge is 2.21. The van der Waals surface area contributed by atoms with Gasteiger partial charge < -0.3 is 5.32 Å². The van der Waals surface area contributed by atoms with Crippen molar-refractivity contribution in [1.29, 1.82) is 0 Å². The molecule has 0 amide bonds. The lowest BCUT2D eigenvalue weighted by atomic mass is 10.1. The summed E-state index contributed by atoms with van der Waals surface area (Å²) in [6.45, 7) is 2.24. The van der Waals surface area contributed by atoms with Crippen molar-refractivity contribution in [3.8, 4) is 0 Å². The minimum Gasteiger partial charge on any atom is -0.381 e. The second-order valence-electron chi connectivity index (χ2n) is 4.38. The van der Waals surface area contributed by atoms with E-state index in [2.05, 4.69) is 12.2 Å². The van der Waals surface area contributed by atoms with Gasteiger partial charge in [-0.3, -0.25) is 0 Å². The SMILES string of the molecule is CC1CCC(Nc2cc(F)ccc2Cl)C1. The van der Waals surface area contributed by atoms with E-state index in [1.54, 1.807) is 6.07 Å². The summed E-state index contributed by atoms with van der Waals surface area (Å²) in [5.41, 5.74) is 0.718. The van der Waals surface area contributed by atoms with E-state index in [0.29, 0.717) is 11.1 Å². The van der Waals surface area contributed by atoms with E-state index < -0.39 is 0 Å². The predicted molar refractivity (Wildman–Crippen MR) is 61.8 cm³/mol. The molecule has 0 heterocycles. The van der Waals surface area contributed by atoms with E-state index in [1.165, 1.54) is 18.6 Å². The molecule has 1 fully saturated rings. The number of hydrogen-bond donors (Lipinski definition) is 1. The Labute approximate surface area is 94.6 Å². The standard InChI is InChI=1S/C12H15ClFN/c1-8-2-4-10(6-8)15-12-7-9(14)3-5-11(12)13/h3,5,7-8,10,15H,2,4,6H2,1H3. The van der Waals surface area contributed by atoms with E-state index >= 15 is 0 Å². The normalized spacial score (nSPS) is 25.5. The molecule has 0 radical (unpaired) electrons. The fraction of sp³-hybridized carbons (Fsp3) is 0.500. The topological polar surface area (TPSA) is 12.0 Å². The van der Waals surface area contributed by atoms with Gasteiger partial charge in [0.2, 0.25) is 0 Å². The highest BCUT2D eigenvalue weighted by molar-refractivity contribution is 6.33. The molecular formula is C12H15ClFN. The predicted octanol–water partition coefficient (Wildman–Crippen LogP) is 4.08. The molecule has 15 heavy (non-hydrogen) atoms. The van der Waals surface area contributed by atoms with Gasteiger partial charge in [-0.05, 0) is 43.4 Å². The van der Waals surface area contributed by atoms with Crippen molar-refractivity contribution in [3.05, 3.63) is 29.0 Å². The van der Waals surface area contributed by atoms with Crippen molar-refractivity contribution in [2.75, 3.05) is 5.32 Å². The fourth-order valence-corrected chi connectivity index (χ4v) is 2.34. The van der Waals surface area contributed by atoms with Gasteiger partial charge in [-0.1, -0.05) is 18.5 Å². The first-order valence-electron chi connectivity index (χ1n) is 5.37. The summed E-state index contributed by atoms with van der Waals surface area (Å²) in [6.07, 6.45) is 3.53. The molecule has 1 nitrogen and oxygen atoms in total. The number of rotatable bonds is 2. The van der Waals surface area contributed by atoms with Crippen LogP contribution in [0.15, 0.2) is 18.2 Å². The molecule has 2 unspecified atom stereocenters. The van der Waals surface area contributed by atoms with Gasteiger partial charge in [-0.15, -0.1) is 0 Å².